The van der Waals surface area contributed by atoms with Gasteiger partial charge in [-0.25, -0.2) is 0 Å². The smallest absolute Gasteiger partial charge is 0.294 e. The van der Waals surface area contributed by atoms with Crippen LogP contribution in [0.15, 0.2) is 53.4 Å². The Bertz CT molecular complexity index is 892. The van der Waals surface area contributed by atoms with Gasteiger partial charge in [-0.2, -0.15) is 0 Å². The van der Waals surface area contributed by atoms with Crippen molar-refractivity contribution in [3.05, 3.63) is 69.6 Å². The van der Waals surface area contributed by atoms with Crippen LogP contribution in [-0.2, 0) is 9.59 Å². The molecule has 2 aromatic carbocycles. The largest absolute Gasteiger partial charge is 0.325 e. The molecule has 0 aliphatic carbocycles. The molecular formula is C19H15ClN2O3S. The molecule has 132 valence electrons. The maximum absolute atomic E-state index is 12.4. The quantitative estimate of drug-likeness (QED) is 0.794. The second-order valence-corrected chi connectivity index (χ2v) is 7.16. The Balaban J connectivity index is 1.67. The molecule has 1 fully saturated rings. The third-order valence-electron chi connectivity index (χ3n) is 3.68. The first-order valence-electron chi connectivity index (χ1n) is 7.80. The lowest BCUT2D eigenvalue weighted by atomic mass is 10.1. The normalized spacial score (nSPS) is 15.6. The van der Waals surface area contributed by atoms with Crippen LogP contribution in [0.2, 0.25) is 5.02 Å². The third-order valence-corrected chi connectivity index (χ3v) is 4.84. The summed E-state index contributed by atoms with van der Waals surface area (Å²) in [5.41, 5.74) is 2.47. The molecule has 0 saturated carbocycles. The molecule has 0 bridgehead atoms. The summed E-state index contributed by atoms with van der Waals surface area (Å²) in [7, 11) is 0. The van der Waals surface area contributed by atoms with Crippen LogP contribution in [0.1, 0.15) is 11.1 Å². The molecule has 3 amide bonds. The molecule has 1 N–H and O–H groups in total. The number of anilines is 1. The zero-order valence-corrected chi connectivity index (χ0v) is 15.4. The number of hydrogen-bond donors (Lipinski definition) is 1. The van der Waals surface area contributed by atoms with Gasteiger partial charge in [0.2, 0.25) is 5.91 Å². The molecule has 7 heteroatoms. The summed E-state index contributed by atoms with van der Waals surface area (Å²) in [4.78, 5) is 37.9. The lowest BCUT2D eigenvalue weighted by Crippen LogP contribution is -2.36. The van der Waals surface area contributed by atoms with E-state index in [0.29, 0.717) is 15.6 Å². The monoisotopic (exact) mass is 386 g/mol. The van der Waals surface area contributed by atoms with Gasteiger partial charge in [-0.1, -0.05) is 41.4 Å². The van der Waals surface area contributed by atoms with Crippen LogP contribution in [0, 0.1) is 6.92 Å². The molecule has 2 aromatic rings. The number of halogens is 1. The summed E-state index contributed by atoms with van der Waals surface area (Å²) >= 11 is 6.63. The van der Waals surface area contributed by atoms with Gasteiger partial charge in [0, 0.05) is 10.7 Å². The van der Waals surface area contributed by atoms with E-state index in [1.807, 2.05) is 31.2 Å². The number of thioether (sulfide) groups is 1. The number of nitrogens with zero attached hydrogens (tertiary/aromatic N) is 1. The number of hydrogen-bond acceptors (Lipinski definition) is 4. The maximum Gasteiger partial charge on any atom is 0.294 e. The van der Waals surface area contributed by atoms with E-state index in [4.69, 9.17) is 11.6 Å². The molecule has 1 aliphatic rings. The summed E-state index contributed by atoms with van der Waals surface area (Å²) < 4.78 is 0. The number of benzene rings is 2. The minimum Gasteiger partial charge on any atom is -0.325 e. The highest BCUT2D eigenvalue weighted by Crippen LogP contribution is 2.32. The zero-order chi connectivity index (χ0) is 18.7. The van der Waals surface area contributed by atoms with E-state index in [-0.39, 0.29) is 6.54 Å². The molecular weight excluding hydrogens is 372 g/mol. The molecule has 0 atom stereocenters. The molecule has 26 heavy (non-hydrogen) atoms. The van der Waals surface area contributed by atoms with E-state index in [9.17, 15) is 14.4 Å². The fraction of sp³-hybridized carbons (Fsp3) is 0.105. The van der Waals surface area contributed by atoms with Crippen molar-refractivity contribution in [2.45, 2.75) is 6.92 Å². The highest BCUT2D eigenvalue weighted by Gasteiger charge is 2.36. The molecule has 1 aliphatic heterocycles. The van der Waals surface area contributed by atoms with Crippen molar-refractivity contribution in [2.75, 3.05) is 11.9 Å². The summed E-state index contributed by atoms with van der Waals surface area (Å²) in [6.45, 7) is 1.63. The van der Waals surface area contributed by atoms with Crippen molar-refractivity contribution in [1.29, 1.82) is 0 Å². The zero-order valence-electron chi connectivity index (χ0n) is 13.9. The average molecular weight is 387 g/mol. The molecule has 1 saturated heterocycles. The molecule has 0 aromatic heterocycles. The SMILES string of the molecule is Cc1ccc(/C=C2/SC(=O)N(CC(=O)Nc3ccc(Cl)cc3)C2=O)cc1. The van der Waals surface area contributed by atoms with Gasteiger partial charge >= 0.3 is 0 Å². The average Bonchev–Trinajstić information content (AvgIpc) is 2.86. The Hall–Kier alpha value is -2.57. The Morgan fingerprint density at radius 3 is 2.42 bits per heavy atom. The third kappa shape index (κ3) is 4.33. The minimum atomic E-state index is -0.466. The van der Waals surface area contributed by atoms with Crippen LogP contribution in [0.3, 0.4) is 0 Å². The van der Waals surface area contributed by atoms with Crippen LogP contribution in [0.4, 0.5) is 10.5 Å². The van der Waals surface area contributed by atoms with E-state index >= 15 is 0 Å². The van der Waals surface area contributed by atoms with Crippen LogP contribution in [0.5, 0.6) is 0 Å². The minimum absolute atomic E-state index is 0.304. The van der Waals surface area contributed by atoms with Gasteiger partial charge in [0.25, 0.3) is 11.1 Å². The van der Waals surface area contributed by atoms with Gasteiger partial charge in [0.05, 0.1) is 4.91 Å². The molecule has 0 spiro atoms. The maximum atomic E-state index is 12.4. The van der Waals surface area contributed by atoms with Crippen LogP contribution >= 0.6 is 23.4 Å². The second-order valence-electron chi connectivity index (χ2n) is 5.73. The predicted molar refractivity (Wildman–Crippen MR) is 104 cm³/mol. The highest BCUT2D eigenvalue weighted by atomic mass is 35.5. The number of aryl methyl sites for hydroxylation is 1. The van der Waals surface area contributed by atoms with E-state index in [2.05, 4.69) is 5.32 Å². The van der Waals surface area contributed by atoms with Crippen molar-refractivity contribution in [3.8, 4) is 0 Å². The fourth-order valence-corrected chi connectivity index (χ4v) is 3.29. The van der Waals surface area contributed by atoms with Crippen LogP contribution in [0.25, 0.3) is 6.08 Å². The second kappa shape index (κ2) is 7.76. The van der Waals surface area contributed by atoms with Crippen molar-refractivity contribution in [1.82, 2.24) is 4.90 Å². The lowest BCUT2D eigenvalue weighted by Gasteiger charge is -2.12. The van der Waals surface area contributed by atoms with Crippen molar-refractivity contribution < 1.29 is 14.4 Å². The van der Waals surface area contributed by atoms with Gasteiger partial charge in [-0.05, 0) is 54.6 Å². The first-order valence-corrected chi connectivity index (χ1v) is 8.99. The Morgan fingerprint density at radius 1 is 1.12 bits per heavy atom. The predicted octanol–water partition coefficient (Wildman–Crippen LogP) is 4.32. The fourth-order valence-electron chi connectivity index (χ4n) is 2.33. The first-order chi connectivity index (χ1) is 12.4. The van der Waals surface area contributed by atoms with Crippen molar-refractivity contribution >= 4 is 52.2 Å². The Morgan fingerprint density at radius 2 is 1.77 bits per heavy atom. The number of nitrogens with one attached hydrogen (secondary N) is 1. The molecule has 0 unspecified atom stereocenters. The van der Waals surface area contributed by atoms with Crippen LogP contribution < -0.4 is 5.32 Å². The van der Waals surface area contributed by atoms with E-state index < -0.39 is 17.1 Å². The summed E-state index contributed by atoms with van der Waals surface area (Å²) in [6, 6.07) is 14.2. The van der Waals surface area contributed by atoms with Gasteiger partial charge in [-0.3, -0.25) is 19.3 Å². The van der Waals surface area contributed by atoms with Gasteiger partial charge in [0.15, 0.2) is 0 Å². The summed E-state index contributed by atoms with van der Waals surface area (Å²) in [5.74, 6) is -0.918. The van der Waals surface area contributed by atoms with Gasteiger partial charge < -0.3 is 5.32 Å². The van der Waals surface area contributed by atoms with Gasteiger partial charge in [-0.15, -0.1) is 0 Å². The number of carbonyl (C=O) groups is 3. The number of imide groups is 1. The summed E-state index contributed by atoms with van der Waals surface area (Å²) in [6.07, 6.45) is 1.65. The van der Waals surface area contributed by atoms with Crippen molar-refractivity contribution in [3.63, 3.8) is 0 Å². The first kappa shape index (κ1) is 18.2. The van der Waals surface area contributed by atoms with E-state index in [1.165, 1.54) is 0 Å². The van der Waals surface area contributed by atoms with Crippen LogP contribution in [-0.4, -0.2) is 28.5 Å². The lowest BCUT2D eigenvalue weighted by molar-refractivity contribution is -0.127. The summed E-state index contributed by atoms with van der Waals surface area (Å²) in [5, 5.41) is 2.73. The number of amides is 3. The molecule has 0 radical (unpaired) electrons. The van der Waals surface area contributed by atoms with Crippen molar-refractivity contribution in [2.24, 2.45) is 0 Å². The van der Waals surface area contributed by atoms with E-state index in [0.717, 1.165) is 27.8 Å². The number of rotatable bonds is 4. The standard InChI is InChI=1S/C19H15ClN2O3S/c1-12-2-4-13(5-3-12)10-16-18(24)22(19(25)26-16)11-17(23)21-15-8-6-14(20)7-9-15/h2-10H,11H2,1H3,(H,21,23)/b16-10+. The Labute approximate surface area is 160 Å². The number of carbonyl (C=O) groups excluding carboxylic acids is 3. The highest BCUT2D eigenvalue weighted by molar-refractivity contribution is 8.18. The topological polar surface area (TPSA) is 66.5 Å². The van der Waals surface area contributed by atoms with Gasteiger partial charge in [0.1, 0.15) is 6.54 Å². The molecule has 5 nitrogen and oxygen atoms in total. The molecule has 1 heterocycles. The molecule has 3 rings (SSSR count). The van der Waals surface area contributed by atoms with E-state index in [1.54, 1.807) is 30.3 Å². The Kier molecular flexibility index (Phi) is 5.44.